The van der Waals surface area contributed by atoms with Gasteiger partial charge in [-0.1, -0.05) is 19.8 Å². The Morgan fingerprint density at radius 3 is 2.47 bits per heavy atom. The minimum Gasteiger partial charge on any atom is -0.312 e. The summed E-state index contributed by atoms with van der Waals surface area (Å²) in [6.07, 6.45) is 8.35. The largest absolute Gasteiger partial charge is 0.312 e. The summed E-state index contributed by atoms with van der Waals surface area (Å²) >= 11 is 0. The van der Waals surface area contributed by atoms with E-state index in [2.05, 4.69) is 36.1 Å². The zero-order valence-electron chi connectivity index (χ0n) is 13.2. The fraction of sp³-hybridized carbons (Fsp3) is 1.00. The third kappa shape index (κ3) is 4.73. The van der Waals surface area contributed by atoms with Crippen molar-refractivity contribution >= 4 is 0 Å². The first-order valence-corrected chi connectivity index (χ1v) is 8.29. The van der Waals surface area contributed by atoms with Gasteiger partial charge in [-0.3, -0.25) is 0 Å². The van der Waals surface area contributed by atoms with Gasteiger partial charge in [0.15, 0.2) is 0 Å². The monoisotopic (exact) mass is 267 g/mol. The highest BCUT2D eigenvalue weighted by molar-refractivity contribution is 4.80. The quantitative estimate of drug-likeness (QED) is 0.824. The second kappa shape index (κ2) is 7.61. The molecule has 2 atom stereocenters. The molecule has 2 unspecified atom stereocenters. The Kier molecular flexibility index (Phi) is 6.11. The summed E-state index contributed by atoms with van der Waals surface area (Å²) in [4.78, 5) is 5.03. The first-order chi connectivity index (χ1) is 9.16. The van der Waals surface area contributed by atoms with Gasteiger partial charge in [-0.25, -0.2) is 0 Å². The lowest BCUT2D eigenvalue weighted by Crippen LogP contribution is -2.46. The van der Waals surface area contributed by atoms with E-state index in [1.54, 1.807) is 0 Å². The molecule has 1 saturated carbocycles. The normalized spacial score (nSPS) is 30.9. The third-order valence-electron chi connectivity index (χ3n) is 5.29. The molecule has 0 aromatic rings. The van der Waals surface area contributed by atoms with Crippen LogP contribution in [0.15, 0.2) is 0 Å². The van der Waals surface area contributed by atoms with Crippen molar-refractivity contribution in [3.8, 4) is 0 Å². The predicted octanol–water partition coefficient (Wildman–Crippen LogP) is 2.18. The van der Waals surface area contributed by atoms with Crippen molar-refractivity contribution in [2.45, 2.75) is 57.5 Å². The first kappa shape index (κ1) is 15.3. The lowest BCUT2D eigenvalue weighted by molar-refractivity contribution is 0.142. The topological polar surface area (TPSA) is 18.5 Å². The van der Waals surface area contributed by atoms with Gasteiger partial charge < -0.3 is 15.1 Å². The summed E-state index contributed by atoms with van der Waals surface area (Å²) in [5.74, 6) is 0.877. The number of hydrogen-bond acceptors (Lipinski definition) is 3. The highest BCUT2D eigenvalue weighted by Gasteiger charge is 2.22. The first-order valence-electron chi connectivity index (χ1n) is 8.29. The molecule has 0 spiro atoms. The molecule has 112 valence electrons. The number of hydrogen-bond donors (Lipinski definition) is 1. The molecule has 0 aromatic carbocycles. The van der Waals surface area contributed by atoms with Gasteiger partial charge in [-0.2, -0.15) is 0 Å². The van der Waals surface area contributed by atoms with Crippen LogP contribution < -0.4 is 5.32 Å². The lowest BCUT2D eigenvalue weighted by atomic mass is 9.86. The van der Waals surface area contributed by atoms with E-state index in [4.69, 9.17) is 0 Å². The summed E-state index contributed by atoms with van der Waals surface area (Å²) in [7, 11) is 4.55. The molecule has 0 aromatic heterocycles. The average molecular weight is 267 g/mol. The van der Waals surface area contributed by atoms with Gasteiger partial charge in [0, 0.05) is 25.2 Å². The minimum absolute atomic E-state index is 0.777. The van der Waals surface area contributed by atoms with E-state index in [0.29, 0.717) is 0 Å². The number of likely N-dealkylation sites (N-methyl/N-ethyl adjacent to an activating group) is 1. The van der Waals surface area contributed by atoms with Crippen LogP contribution >= 0.6 is 0 Å². The fourth-order valence-corrected chi connectivity index (χ4v) is 3.66. The molecule has 0 bridgehead atoms. The van der Waals surface area contributed by atoms with Crippen molar-refractivity contribution in [2.24, 2.45) is 5.92 Å². The van der Waals surface area contributed by atoms with E-state index in [-0.39, 0.29) is 0 Å². The Morgan fingerprint density at radius 1 is 1.11 bits per heavy atom. The molecular weight excluding hydrogens is 234 g/mol. The Bertz CT molecular complexity index is 248. The molecule has 1 heterocycles. The van der Waals surface area contributed by atoms with E-state index in [0.717, 1.165) is 24.5 Å². The van der Waals surface area contributed by atoms with Crippen LogP contribution in [0.4, 0.5) is 0 Å². The van der Waals surface area contributed by atoms with Crippen LogP contribution in [0, 0.1) is 5.92 Å². The molecule has 1 N–H and O–H groups in total. The van der Waals surface area contributed by atoms with Crippen LogP contribution in [0.2, 0.25) is 0 Å². The second-order valence-corrected chi connectivity index (χ2v) is 6.84. The van der Waals surface area contributed by atoms with Crippen LogP contribution in [0.1, 0.15) is 45.4 Å². The Balaban J connectivity index is 1.62. The van der Waals surface area contributed by atoms with Gasteiger partial charge in [0.1, 0.15) is 0 Å². The van der Waals surface area contributed by atoms with Crippen LogP contribution in [0.3, 0.4) is 0 Å². The zero-order chi connectivity index (χ0) is 13.7. The lowest BCUT2D eigenvalue weighted by Gasteiger charge is -2.36. The van der Waals surface area contributed by atoms with Gasteiger partial charge in [0.05, 0.1) is 0 Å². The molecule has 19 heavy (non-hydrogen) atoms. The highest BCUT2D eigenvalue weighted by atomic mass is 15.2. The number of rotatable bonds is 5. The molecule has 1 aliphatic carbocycles. The van der Waals surface area contributed by atoms with Crippen LogP contribution in [0.25, 0.3) is 0 Å². The van der Waals surface area contributed by atoms with Gasteiger partial charge in [-0.05, 0) is 58.8 Å². The average Bonchev–Trinajstić information content (AvgIpc) is 2.41. The number of piperidine rings is 1. The van der Waals surface area contributed by atoms with Crippen molar-refractivity contribution in [1.29, 1.82) is 0 Å². The van der Waals surface area contributed by atoms with Crippen molar-refractivity contribution in [2.75, 3.05) is 40.3 Å². The van der Waals surface area contributed by atoms with Crippen molar-refractivity contribution in [3.63, 3.8) is 0 Å². The van der Waals surface area contributed by atoms with E-state index in [9.17, 15) is 0 Å². The molecule has 0 radical (unpaired) electrons. The zero-order valence-corrected chi connectivity index (χ0v) is 13.2. The summed E-state index contributed by atoms with van der Waals surface area (Å²) in [6, 6.07) is 1.58. The molecule has 2 rings (SSSR count). The summed E-state index contributed by atoms with van der Waals surface area (Å²) in [6.45, 7) is 7.32. The van der Waals surface area contributed by atoms with Gasteiger partial charge in [0.2, 0.25) is 0 Å². The molecular formula is C16H33N3. The van der Waals surface area contributed by atoms with Crippen LogP contribution in [0.5, 0.6) is 0 Å². The second-order valence-electron chi connectivity index (χ2n) is 6.84. The molecule has 1 aliphatic heterocycles. The fourth-order valence-electron chi connectivity index (χ4n) is 3.66. The van der Waals surface area contributed by atoms with E-state index >= 15 is 0 Å². The highest BCUT2D eigenvalue weighted by Crippen LogP contribution is 2.23. The van der Waals surface area contributed by atoms with Crippen molar-refractivity contribution in [1.82, 2.24) is 15.1 Å². The van der Waals surface area contributed by atoms with Crippen LogP contribution in [-0.2, 0) is 0 Å². The molecule has 3 nitrogen and oxygen atoms in total. The number of likely N-dealkylation sites (tertiary alicyclic amines) is 1. The van der Waals surface area contributed by atoms with E-state index in [1.165, 1.54) is 58.2 Å². The molecule has 2 fully saturated rings. The predicted molar refractivity (Wildman–Crippen MR) is 82.6 cm³/mol. The maximum Gasteiger partial charge on any atom is 0.0117 e. The van der Waals surface area contributed by atoms with E-state index in [1.807, 2.05) is 0 Å². The summed E-state index contributed by atoms with van der Waals surface area (Å²) in [5, 5.41) is 3.80. The molecule has 3 heteroatoms. The smallest absolute Gasteiger partial charge is 0.0117 e. The van der Waals surface area contributed by atoms with Gasteiger partial charge >= 0.3 is 0 Å². The third-order valence-corrected chi connectivity index (χ3v) is 5.29. The standard InChI is InChI=1S/C16H33N3/c1-14-6-4-5-7-16(14)17-10-13-19(3)15-8-11-18(2)12-9-15/h14-17H,4-13H2,1-3H3. The van der Waals surface area contributed by atoms with Crippen LogP contribution in [-0.4, -0.2) is 62.2 Å². The molecule has 1 saturated heterocycles. The van der Waals surface area contributed by atoms with Crippen molar-refractivity contribution < 1.29 is 0 Å². The summed E-state index contributed by atoms with van der Waals surface area (Å²) in [5.41, 5.74) is 0. The number of nitrogens with zero attached hydrogens (tertiary/aromatic N) is 2. The van der Waals surface area contributed by atoms with Gasteiger partial charge in [0.25, 0.3) is 0 Å². The maximum absolute atomic E-state index is 3.80. The molecule has 0 amide bonds. The van der Waals surface area contributed by atoms with Gasteiger partial charge in [-0.15, -0.1) is 0 Å². The van der Waals surface area contributed by atoms with E-state index < -0.39 is 0 Å². The minimum atomic E-state index is 0.777. The Labute approximate surface area is 119 Å². The Hall–Kier alpha value is -0.120. The number of nitrogens with one attached hydrogen (secondary N) is 1. The van der Waals surface area contributed by atoms with Crippen molar-refractivity contribution in [3.05, 3.63) is 0 Å². The maximum atomic E-state index is 3.80. The summed E-state index contributed by atoms with van der Waals surface area (Å²) < 4.78 is 0. The Morgan fingerprint density at radius 2 is 1.79 bits per heavy atom. The molecule has 2 aliphatic rings. The SMILES string of the molecule is CC1CCCCC1NCCN(C)C1CCN(C)CC1.